The van der Waals surface area contributed by atoms with E-state index in [0.29, 0.717) is 17.7 Å². The topological polar surface area (TPSA) is 73.1 Å². The Hall–Kier alpha value is -2.49. The molecular weight excluding hydrogens is 350 g/mol. The predicted octanol–water partition coefficient (Wildman–Crippen LogP) is 6.86. The number of hydrogen-bond donors (Lipinski definition) is 3. The number of phenolic OH excluding ortho intramolecular Hbond substituents is 2. The van der Waals surface area contributed by atoms with Crippen LogP contribution < -0.4 is 0 Å². The Morgan fingerprint density at radius 3 is 1.93 bits per heavy atom. The maximum atomic E-state index is 10.2. The van der Waals surface area contributed by atoms with Gasteiger partial charge in [0.05, 0.1) is 5.71 Å². The molecule has 0 fully saturated rings. The minimum absolute atomic E-state index is 0.117. The standard InChI is InChI=1S/C24H33NO3/c1-2-3-4-5-6-7-8-9-10-11-23(25-28)22-18-20(14-17-24(22)27)19-12-15-21(26)16-13-19/h12-18,26-28H,2-11H2,1H3/b25-23+. The van der Waals surface area contributed by atoms with Gasteiger partial charge in [0.2, 0.25) is 0 Å². The van der Waals surface area contributed by atoms with Crippen molar-refractivity contribution in [2.45, 2.75) is 71.1 Å². The second kappa shape index (κ2) is 12.1. The van der Waals surface area contributed by atoms with Crippen molar-refractivity contribution in [3.05, 3.63) is 48.0 Å². The molecule has 4 nitrogen and oxygen atoms in total. The van der Waals surface area contributed by atoms with E-state index in [1.807, 2.05) is 24.3 Å². The molecule has 0 aliphatic rings. The molecule has 0 aliphatic carbocycles. The lowest BCUT2D eigenvalue weighted by molar-refractivity contribution is 0.317. The zero-order valence-electron chi connectivity index (χ0n) is 16.9. The number of oxime groups is 1. The highest BCUT2D eigenvalue weighted by molar-refractivity contribution is 6.03. The van der Waals surface area contributed by atoms with Crippen LogP contribution in [0.15, 0.2) is 47.6 Å². The molecule has 0 spiro atoms. The molecule has 0 aromatic heterocycles. The lowest BCUT2D eigenvalue weighted by Crippen LogP contribution is -2.02. The molecule has 2 aromatic carbocycles. The summed E-state index contributed by atoms with van der Waals surface area (Å²) in [5.74, 6) is 0.331. The Morgan fingerprint density at radius 1 is 0.750 bits per heavy atom. The van der Waals surface area contributed by atoms with E-state index in [9.17, 15) is 15.4 Å². The van der Waals surface area contributed by atoms with Gasteiger partial charge < -0.3 is 15.4 Å². The molecule has 0 atom stereocenters. The van der Waals surface area contributed by atoms with Crippen LogP contribution in [0.25, 0.3) is 11.1 Å². The summed E-state index contributed by atoms with van der Waals surface area (Å²) >= 11 is 0. The van der Waals surface area contributed by atoms with Gasteiger partial charge in [0.15, 0.2) is 0 Å². The molecule has 3 N–H and O–H groups in total. The summed E-state index contributed by atoms with van der Waals surface area (Å²) in [5.41, 5.74) is 2.91. The van der Waals surface area contributed by atoms with Gasteiger partial charge >= 0.3 is 0 Å². The number of phenols is 2. The van der Waals surface area contributed by atoms with Crippen molar-refractivity contribution in [2.24, 2.45) is 5.16 Å². The van der Waals surface area contributed by atoms with Crippen LogP contribution in [0.3, 0.4) is 0 Å². The van der Waals surface area contributed by atoms with E-state index in [0.717, 1.165) is 24.0 Å². The largest absolute Gasteiger partial charge is 0.508 e. The lowest BCUT2D eigenvalue weighted by Gasteiger charge is -2.10. The van der Waals surface area contributed by atoms with Crippen molar-refractivity contribution in [1.29, 1.82) is 0 Å². The van der Waals surface area contributed by atoms with Crippen molar-refractivity contribution in [3.8, 4) is 22.6 Å². The molecule has 0 heterocycles. The highest BCUT2D eigenvalue weighted by Gasteiger charge is 2.12. The third-order valence-corrected chi connectivity index (χ3v) is 5.15. The zero-order valence-corrected chi connectivity index (χ0v) is 16.9. The van der Waals surface area contributed by atoms with E-state index in [1.54, 1.807) is 18.2 Å². The fourth-order valence-electron chi connectivity index (χ4n) is 3.44. The van der Waals surface area contributed by atoms with E-state index in [-0.39, 0.29) is 11.5 Å². The highest BCUT2D eigenvalue weighted by atomic mass is 16.4. The molecule has 28 heavy (non-hydrogen) atoms. The minimum Gasteiger partial charge on any atom is -0.508 e. The Morgan fingerprint density at radius 2 is 1.32 bits per heavy atom. The molecule has 152 valence electrons. The number of rotatable bonds is 12. The number of unbranched alkanes of at least 4 members (excludes halogenated alkanes) is 8. The summed E-state index contributed by atoms with van der Waals surface area (Å²) in [4.78, 5) is 0. The van der Waals surface area contributed by atoms with E-state index >= 15 is 0 Å². The van der Waals surface area contributed by atoms with E-state index in [4.69, 9.17) is 0 Å². The first-order valence-electron chi connectivity index (χ1n) is 10.5. The van der Waals surface area contributed by atoms with Crippen LogP contribution in [-0.2, 0) is 0 Å². The number of hydrogen-bond acceptors (Lipinski definition) is 4. The van der Waals surface area contributed by atoms with Crippen LogP contribution >= 0.6 is 0 Å². The van der Waals surface area contributed by atoms with Crippen LogP contribution in [-0.4, -0.2) is 21.1 Å². The molecule has 0 saturated heterocycles. The van der Waals surface area contributed by atoms with Gasteiger partial charge in [-0.15, -0.1) is 0 Å². The Kier molecular flexibility index (Phi) is 9.40. The maximum Gasteiger partial charge on any atom is 0.124 e. The highest BCUT2D eigenvalue weighted by Crippen LogP contribution is 2.28. The van der Waals surface area contributed by atoms with Crippen molar-refractivity contribution >= 4 is 5.71 Å². The molecule has 0 unspecified atom stereocenters. The molecule has 2 rings (SSSR count). The first kappa shape index (κ1) is 21.8. The van der Waals surface area contributed by atoms with Crippen LogP contribution in [0.4, 0.5) is 0 Å². The number of benzene rings is 2. The smallest absolute Gasteiger partial charge is 0.124 e. The average Bonchev–Trinajstić information content (AvgIpc) is 2.71. The third kappa shape index (κ3) is 6.91. The molecular formula is C24H33NO3. The molecule has 2 aromatic rings. The van der Waals surface area contributed by atoms with Crippen LogP contribution in [0.2, 0.25) is 0 Å². The summed E-state index contributed by atoms with van der Waals surface area (Å²) in [5, 5.41) is 32.6. The van der Waals surface area contributed by atoms with Gasteiger partial charge in [-0.3, -0.25) is 0 Å². The summed E-state index contributed by atoms with van der Waals surface area (Å²) in [6, 6.07) is 12.2. The van der Waals surface area contributed by atoms with Gasteiger partial charge in [0.1, 0.15) is 11.5 Å². The summed E-state index contributed by atoms with van der Waals surface area (Å²) in [7, 11) is 0. The van der Waals surface area contributed by atoms with Crippen molar-refractivity contribution in [1.82, 2.24) is 0 Å². The Labute approximate surface area is 168 Å². The maximum absolute atomic E-state index is 10.2. The van der Waals surface area contributed by atoms with Gasteiger partial charge in [-0.05, 0) is 48.2 Å². The van der Waals surface area contributed by atoms with Gasteiger partial charge in [-0.25, -0.2) is 0 Å². The normalized spacial score (nSPS) is 11.7. The average molecular weight is 384 g/mol. The monoisotopic (exact) mass is 383 g/mol. The SMILES string of the molecule is CCCCCCCCCCC/C(=N\O)c1cc(-c2ccc(O)cc2)ccc1O. The fraction of sp³-hybridized carbons (Fsp3) is 0.458. The Bertz CT molecular complexity index is 738. The number of nitrogens with zero attached hydrogens (tertiary/aromatic N) is 1. The first-order valence-corrected chi connectivity index (χ1v) is 10.5. The second-order valence-electron chi connectivity index (χ2n) is 7.40. The van der Waals surface area contributed by atoms with Gasteiger partial charge in [-0.2, -0.15) is 0 Å². The van der Waals surface area contributed by atoms with Gasteiger partial charge in [0, 0.05) is 5.56 Å². The molecule has 0 aliphatic heterocycles. The van der Waals surface area contributed by atoms with Gasteiger partial charge in [0.25, 0.3) is 0 Å². The first-order chi connectivity index (χ1) is 13.7. The minimum atomic E-state index is 0.117. The van der Waals surface area contributed by atoms with Crippen LogP contribution in [0.5, 0.6) is 11.5 Å². The fourth-order valence-corrected chi connectivity index (χ4v) is 3.44. The Balaban J connectivity index is 1.88. The molecule has 0 amide bonds. The van der Waals surface area contributed by atoms with Crippen molar-refractivity contribution in [2.75, 3.05) is 0 Å². The van der Waals surface area contributed by atoms with Crippen molar-refractivity contribution < 1.29 is 15.4 Å². The summed E-state index contributed by atoms with van der Waals surface area (Å²) in [6.07, 6.45) is 11.7. The molecule has 0 bridgehead atoms. The quantitative estimate of drug-likeness (QED) is 0.162. The number of aromatic hydroxyl groups is 2. The third-order valence-electron chi connectivity index (χ3n) is 5.15. The zero-order chi connectivity index (χ0) is 20.2. The van der Waals surface area contributed by atoms with Crippen molar-refractivity contribution in [3.63, 3.8) is 0 Å². The molecule has 0 saturated carbocycles. The lowest BCUT2D eigenvalue weighted by atomic mass is 9.97. The van der Waals surface area contributed by atoms with Gasteiger partial charge in [-0.1, -0.05) is 81.6 Å². The van der Waals surface area contributed by atoms with Crippen LogP contribution in [0, 0.1) is 0 Å². The summed E-state index contributed by atoms with van der Waals surface area (Å²) in [6.45, 7) is 2.23. The molecule has 4 heteroatoms. The van der Waals surface area contributed by atoms with E-state index < -0.39 is 0 Å². The molecule has 0 radical (unpaired) electrons. The second-order valence-corrected chi connectivity index (χ2v) is 7.40. The predicted molar refractivity (Wildman–Crippen MR) is 115 cm³/mol. The van der Waals surface area contributed by atoms with E-state index in [2.05, 4.69) is 12.1 Å². The summed E-state index contributed by atoms with van der Waals surface area (Å²) < 4.78 is 0. The van der Waals surface area contributed by atoms with Crippen LogP contribution in [0.1, 0.15) is 76.7 Å². The van der Waals surface area contributed by atoms with E-state index in [1.165, 1.54) is 44.9 Å².